The third kappa shape index (κ3) is 2.03. The molecule has 0 aliphatic carbocycles. The van der Waals surface area contributed by atoms with Gasteiger partial charge in [0.15, 0.2) is 0 Å². The molecular weight excluding hydrogens is 206 g/mol. The largest absolute Gasteiger partial charge is 0.444 e. The molecule has 0 saturated carbocycles. The molecule has 2 rings (SSSR count). The van der Waals surface area contributed by atoms with Crippen molar-refractivity contribution in [3.63, 3.8) is 0 Å². The van der Waals surface area contributed by atoms with E-state index in [1.54, 1.807) is 7.11 Å². The zero-order valence-electron chi connectivity index (χ0n) is 10.5. The first-order valence-electron chi connectivity index (χ1n) is 5.96. The Labute approximate surface area is 96.9 Å². The highest BCUT2D eigenvalue weighted by Crippen LogP contribution is 2.39. The Morgan fingerprint density at radius 1 is 1.31 bits per heavy atom. The van der Waals surface area contributed by atoms with E-state index in [4.69, 9.17) is 9.47 Å². The summed E-state index contributed by atoms with van der Waals surface area (Å²) in [7, 11) is 1.72. The minimum atomic E-state index is -0.415. The van der Waals surface area contributed by atoms with E-state index in [1.165, 1.54) is 0 Å². The number of nitrogens with zero attached hydrogens (tertiary/aromatic N) is 1. The van der Waals surface area contributed by atoms with Crippen LogP contribution in [0.4, 0.5) is 4.79 Å². The zero-order chi connectivity index (χ0) is 11.9. The predicted molar refractivity (Wildman–Crippen MR) is 60.3 cm³/mol. The first-order valence-corrected chi connectivity index (χ1v) is 5.96. The fourth-order valence-corrected chi connectivity index (χ4v) is 2.79. The molecule has 2 saturated heterocycles. The van der Waals surface area contributed by atoms with E-state index in [0.29, 0.717) is 6.04 Å². The second-order valence-corrected chi connectivity index (χ2v) is 5.70. The van der Waals surface area contributed by atoms with Crippen LogP contribution < -0.4 is 0 Å². The molecule has 0 aromatic carbocycles. The third-order valence-corrected chi connectivity index (χ3v) is 3.39. The number of ether oxygens (including phenoxy) is 2. The summed E-state index contributed by atoms with van der Waals surface area (Å²) >= 11 is 0. The fourth-order valence-electron chi connectivity index (χ4n) is 2.79. The molecule has 2 heterocycles. The van der Waals surface area contributed by atoms with Crippen LogP contribution in [0.5, 0.6) is 0 Å². The van der Waals surface area contributed by atoms with E-state index in [9.17, 15) is 4.79 Å². The minimum Gasteiger partial charge on any atom is -0.444 e. The van der Waals surface area contributed by atoms with Gasteiger partial charge in [0.1, 0.15) is 5.60 Å². The summed E-state index contributed by atoms with van der Waals surface area (Å²) < 4.78 is 10.8. The maximum Gasteiger partial charge on any atom is 0.410 e. The van der Waals surface area contributed by atoms with E-state index in [2.05, 4.69) is 0 Å². The van der Waals surface area contributed by atoms with Crippen LogP contribution >= 0.6 is 0 Å². The number of methoxy groups -OCH3 is 1. The SMILES string of the molecule is CO[C@H]1C[C@@H]2CC[C@H]1N2C(=O)OC(C)(C)C. The first kappa shape index (κ1) is 11.7. The lowest BCUT2D eigenvalue weighted by atomic mass is 9.98. The molecular formula is C12H21NO3. The van der Waals surface area contributed by atoms with E-state index in [0.717, 1.165) is 19.3 Å². The van der Waals surface area contributed by atoms with Gasteiger partial charge in [-0.1, -0.05) is 0 Å². The van der Waals surface area contributed by atoms with Gasteiger partial charge in [-0.05, 0) is 40.0 Å². The highest BCUT2D eigenvalue weighted by molar-refractivity contribution is 5.70. The molecule has 2 aliphatic heterocycles. The van der Waals surface area contributed by atoms with Crippen molar-refractivity contribution in [2.24, 2.45) is 0 Å². The molecule has 92 valence electrons. The van der Waals surface area contributed by atoms with Crippen LogP contribution in [0.2, 0.25) is 0 Å². The highest BCUT2D eigenvalue weighted by Gasteiger charge is 2.50. The molecule has 0 unspecified atom stereocenters. The Hall–Kier alpha value is -0.770. The lowest BCUT2D eigenvalue weighted by Crippen LogP contribution is -2.41. The van der Waals surface area contributed by atoms with Gasteiger partial charge in [0, 0.05) is 13.2 Å². The minimum absolute atomic E-state index is 0.181. The van der Waals surface area contributed by atoms with Crippen molar-refractivity contribution in [3.05, 3.63) is 0 Å². The van der Waals surface area contributed by atoms with Crippen LogP contribution in [0.15, 0.2) is 0 Å². The van der Waals surface area contributed by atoms with Crippen molar-refractivity contribution < 1.29 is 14.3 Å². The predicted octanol–water partition coefficient (Wildman–Crippen LogP) is 2.17. The molecule has 16 heavy (non-hydrogen) atoms. The van der Waals surface area contributed by atoms with Gasteiger partial charge in [-0.2, -0.15) is 0 Å². The van der Waals surface area contributed by atoms with Crippen molar-refractivity contribution in [1.82, 2.24) is 4.90 Å². The number of rotatable bonds is 1. The number of amides is 1. The molecule has 0 radical (unpaired) electrons. The van der Waals surface area contributed by atoms with E-state index >= 15 is 0 Å². The molecule has 2 fully saturated rings. The zero-order valence-corrected chi connectivity index (χ0v) is 10.5. The average Bonchev–Trinajstić information content (AvgIpc) is 2.70. The Morgan fingerprint density at radius 2 is 2.00 bits per heavy atom. The lowest BCUT2D eigenvalue weighted by molar-refractivity contribution is 0.0132. The maximum absolute atomic E-state index is 12.0. The molecule has 4 heteroatoms. The van der Waals surface area contributed by atoms with Crippen molar-refractivity contribution in [2.75, 3.05) is 7.11 Å². The fraction of sp³-hybridized carbons (Fsp3) is 0.917. The van der Waals surface area contributed by atoms with Crippen molar-refractivity contribution in [3.8, 4) is 0 Å². The van der Waals surface area contributed by atoms with Gasteiger partial charge < -0.3 is 9.47 Å². The summed E-state index contributed by atoms with van der Waals surface area (Å²) in [6, 6.07) is 0.551. The molecule has 1 amide bonds. The van der Waals surface area contributed by atoms with Gasteiger partial charge in [-0.15, -0.1) is 0 Å². The maximum atomic E-state index is 12.0. The average molecular weight is 227 g/mol. The van der Waals surface area contributed by atoms with Crippen LogP contribution in [-0.4, -0.2) is 41.9 Å². The summed E-state index contributed by atoms with van der Waals surface area (Å²) in [4.78, 5) is 13.9. The van der Waals surface area contributed by atoms with Crippen molar-refractivity contribution in [2.45, 2.75) is 63.8 Å². The molecule has 0 aromatic heterocycles. The van der Waals surface area contributed by atoms with Gasteiger partial charge in [0.2, 0.25) is 0 Å². The quantitative estimate of drug-likeness (QED) is 0.689. The second-order valence-electron chi connectivity index (χ2n) is 5.70. The number of fused-ring (bicyclic) bond motifs is 2. The van der Waals surface area contributed by atoms with Gasteiger partial charge >= 0.3 is 6.09 Å². The second kappa shape index (κ2) is 3.91. The summed E-state index contributed by atoms with van der Waals surface area (Å²) in [6.07, 6.45) is 3.11. The van der Waals surface area contributed by atoms with E-state index in [1.807, 2.05) is 25.7 Å². The Morgan fingerprint density at radius 3 is 2.50 bits per heavy atom. The van der Waals surface area contributed by atoms with Gasteiger partial charge in [-0.3, -0.25) is 4.90 Å². The van der Waals surface area contributed by atoms with E-state index < -0.39 is 5.60 Å². The molecule has 0 aromatic rings. The number of carbonyl (C=O) groups is 1. The number of hydrogen-bond acceptors (Lipinski definition) is 3. The summed E-state index contributed by atoms with van der Waals surface area (Å²) in [5.41, 5.74) is -0.415. The van der Waals surface area contributed by atoms with Crippen LogP contribution in [0, 0.1) is 0 Å². The van der Waals surface area contributed by atoms with Gasteiger partial charge in [0.25, 0.3) is 0 Å². The summed E-state index contributed by atoms with van der Waals surface area (Å²) in [5, 5.41) is 0. The van der Waals surface area contributed by atoms with Gasteiger partial charge in [0.05, 0.1) is 12.1 Å². The molecule has 3 atom stereocenters. The topological polar surface area (TPSA) is 38.8 Å². The number of carbonyl (C=O) groups excluding carboxylic acids is 1. The molecule has 0 spiro atoms. The lowest BCUT2D eigenvalue weighted by Gasteiger charge is -2.27. The van der Waals surface area contributed by atoms with Crippen molar-refractivity contribution in [1.29, 1.82) is 0 Å². The highest BCUT2D eigenvalue weighted by atomic mass is 16.6. The summed E-state index contributed by atoms with van der Waals surface area (Å²) in [6.45, 7) is 5.70. The molecule has 2 aliphatic rings. The Balaban J connectivity index is 2.03. The van der Waals surface area contributed by atoms with Crippen LogP contribution in [0.1, 0.15) is 40.0 Å². The third-order valence-electron chi connectivity index (χ3n) is 3.39. The van der Waals surface area contributed by atoms with Crippen molar-refractivity contribution >= 4 is 6.09 Å². The van der Waals surface area contributed by atoms with Crippen LogP contribution in [-0.2, 0) is 9.47 Å². The van der Waals surface area contributed by atoms with Crippen LogP contribution in [0.25, 0.3) is 0 Å². The van der Waals surface area contributed by atoms with E-state index in [-0.39, 0.29) is 18.2 Å². The normalized spacial score (nSPS) is 33.2. The smallest absolute Gasteiger partial charge is 0.410 e. The molecule has 4 nitrogen and oxygen atoms in total. The summed E-state index contributed by atoms with van der Waals surface area (Å²) in [5.74, 6) is 0. The Bertz CT molecular complexity index is 284. The van der Waals surface area contributed by atoms with Crippen LogP contribution in [0.3, 0.4) is 0 Å². The first-order chi connectivity index (χ1) is 7.42. The number of hydrogen-bond donors (Lipinski definition) is 0. The Kier molecular flexibility index (Phi) is 2.86. The van der Waals surface area contributed by atoms with Gasteiger partial charge in [-0.25, -0.2) is 4.79 Å². The molecule has 2 bridgehead atoms. The molecule has 0 N–H and O–H groups in total. The standard InChI is InChI=1S/C12H21NO3/c1-12(2,3)16-11(14)13-8-5-6-9(13)10(7-8)15-4/h8-10H,5-7H2,1-4H3/t8-,9+,10-/m0/s1. The monoisotopic (exact) mass is 227 g/mol.